The number of rotatable bonds is 5. The van der Waals surface area contributed by atoms with Crippen LogP contribution >= 0.6 is 0 Å². The number of sulfone groups is 1. The molecule has 1 atom stereocenters. The number of hydrogen-bond donors (Lipinski definition) is 1. The van der Waals surface area contributed by atoms with Gasteiger partial charge in [0.25, 0.3) is 0 Å². The zero-order valence-electron chi connectivity index (χ0n) is 18.8. The standard InChI is InChI=1S/C24H27FN4O3S/c1-16-15-32-13-12-29(16)22-14-21(27-23(28-22)17-4-8-19(26)9-5-17)24(2,3)33(30,31)20-10-6-18(25)7-11-20/h4-11,14,16H,12-13,15,26H2,1-3H3/t16-/m0/s1. The quantitative estimate of drug-likeness (QED) is 0.447. The third kappa shape index (κ3) is 4.43. The van der Waals surface area contributed by atoms with Crippen molar-refractivity contribution < 1.29 is 17.5 Å². The molecular formula is C24H27FN4O3S. The minimum atomic E-state index is -3.90. The Morgan fingerprint density at radius 3 is 2.39 bits per heavy atom. The topological polar surface area (TPSA) is 98.4 Å². The zero-order chi connectivity index (χ0) is 23.8. The second kappa shape index (κ2) is 8.72. The summed E-state index contributed by atoms with van der Waals surface area (Å²) in [5.74, 6) is 0.539. The fraction of sp³-hybridized carbons (Fsp3) is 0.333. The van der Waals surface area contributed by atoms with Gasteiger partial charge in [-0.15, -0.1) is 0 Å². The molecule has 174 valence electrons. The molecule has 1 saturated heterocycles. The Morgan fingerprint density at radius 2 is 1.76 bits per heavy atom. The molecule has 4 rings (SSSR count). The van der Waals surface area contributed by atoms with Crippen molar-refractivity contribution in [1.82, 2.24) is 9.97 Å². The van der Waals surface area contributed by atoms with Crippen LogP contribution in [0, 0.1) is 5.82 Å². The van der Waals surface area contributed by atoms with E-state index in [1.165, 1.54) is 12.1 Å². The Hall–Kier alpha value is -3.04. The van der Waals surface area contributed by atoms with Crippen LogP contribution in [0.4, 0.5) is 15.9 Å². The number of ether oxygens (including phenoxy) is 1. The van der Waals surface area contributed by atoms with Crippen LogP contribution in [0.1, 0.15) is 26.5 Å². The molecular weight excluding hydrogens is 443 g/mol. The molecule has 0 spiro atoms. The molecule has 7 nitrogen and oxygen atoms in total. The van der Waals surface area contributed by atoms with E-state index >= 15 is 0 Å². The summed E-state index contributed by atoms with van der Waals surface area (Å²) in [6, 6.07) is 13.8. The summed E-state index contributed by atoms with van der Waals surface area (Å²) in [7, 11) is -3.90. The number of nitrogens with zero attached hydrogens (tertiary/aromatic N) is 3. The van der Waals surface area contributed by atoms with Crippen LogP contribution in [-0.4, -0.2) is 44.2 Å². The molecule has 0 unspecified atom stereocenters. The number of halogens is 1. The molecule has 3 aromatic rings. The average Bonchev–Trinajstić information content (AvgIpc) is 2.79. The summed E-state index contributed by atoms with van der Waals surface area (Å²) in [5.41, 5.74) is 7.51. The van der Waals surface area contributed by atoms with Gasteiger partial charge in [-0.3, -0.25) is 0 Å². The molecule has 1 fully saturated rings. The molecule has 1 aromatic heterocycles. The SMILES string of the molecule is C[C@H]1COCCN1c1cc(C(C)(C)S(=O)(=O)c2ccc(F)cc2)nc(-c2ccc(N)cc2)n1. The first-order valence-electron chi connectivity index (χ1n) is 10.7. The summed E-state index contributed by atoms with van der Waals surface area (Å²) >= 11 is 0. The summed E-state index contributed by atoms with van der Waals surface area (Å²) in [6.07, 6.45) is 0. The Morgan fingerprint density at radius 1 is 1.09 bits per heavy atom. The molecule has 0 aliphatic carbocycles. The Balaban J connectivity index is 1.87. The maximum Gasteiger partial charge on any atom is 0.189 e. The maximum atomic E-state index is 13.6. The van der Waals surface area contributed by atoms with E-state index in [1.807, 2.05) is 19.1 Å². The van der Waals surface area contributed by atoms with Crippen molar-refractivity contribution in [1.29, 1.82) is 0 Å². The van der Waals surface area contributed by atoms with Gasteiger partial charge in [0, 0.05) is 23.9 Å². The lowest BCUT2D eigenvalue weighted by Gasteiger charge is -2.35. The van der Waals surface area contributed by atoms with Crippen LogP contribution in [-0.2, 0) is 19.3 Å². The molecule has 2 N–H and O–H groups in total. The van der Waals surface area contributed by atoms with E-state index in [0.717, 1.165) is 17.7 Å². The Labute approximate surface area is 193 Å². The van der Waals surface area contributed by atoms with Crippen LogP contribution in [0.2, 0.25) is 0 Å². The molecule has 0 radical (unpaired) electrons. The van der Waals surface area contributed by atoms with E-state index in [2.05, 4.69) is 9.88 Å². The molecule has 9 heteroatoms. The van der Waals surface area contributed by atoms with Crippen molar-refractivity contribution in [2.24, 2.45) is 0 Å². The van der Waals surface area contributed by atoms with Gasteiger partial charge in [-0.1, -0.05) is 0 Å². The van der Waals surface area contributed by atoms with Crippen molar-refractivity contribution in [3.8, 4) is 11.4 Å². The monoisotopic (exact) mass is 470 g/mol. The highest BCUT2D eigenvalue weighted by Gasteiger charge is 2.40. The van der Waals surface area contributed by atoms with E-state index < -0.39 is 20.4 Å². The largest absolute Gasteiger partial charge is 0.399 e. The fourth-order valence-electron chi connectivity index (χ4n) is 3.76. The number of nitrogen functional groups attached to an aromatic ring is 1. The predicted molar refractivity (Wildman–Crippen MR) is 126 cm³/mol. The van der Waals surface area contributed by atoms with E-state index in [9.17, 15) is 12.8 Å². The van der Waals surface area contributed by atoms with Gasteiger partial charge in [-0.05, 0) is 69.3 Å². The molecule has 0 amide bonds. The third-order valence-electron chi connectivity index (χ3n) is 5.96. The van der Waals surface area contributed by atoms with Gasteiger partial charge in [0.15, 0.2) is 15.7 Å². The molecule has 0 saturated carbocycles. The first kappa shape index (κ1) is 23.1. The van der Waals surface area contributed by atoms with Crippen LogP contribution in [0.3, 0.4) is 0 Å². The van der Waals surface area contributed by atoms with Crippen LogP contribution in [0.25, 0.3) is 11.4 Å². The third-order valence-corrected chi connectivity index (χ3v) is 8.40. The van der Waals surface area contributed by atoms with Crippen molar-refractivity contribution in [2.75, 3.05) is 30.4 Å². The lowest BCUT2D eigenvalue weighted by molar-refractivity contribution is 0.0985. The molecule has 2 aromatic carbocycles. The smallest absolute Gasteiger partial charge is 0.189 e. The number of anilines is 2. The van der Waals surface area contributed by atoms with Crippen molar-refractivity contribution in [3.63, 3.8) is 0 Å². The highest BCUT2D eigenvalue weighted by atomic mass is 32.2. The summed E-state index contributed by atoms with van der Waals surface area (Å²) in [4.78, 5) is 11.6. The van der Waals surface area contributed by atoms with Gasteiger partial charge in [-0.2, -0.15) is 0 Å². The van der Waals surface area contributed by atoms with E-state index in [-0.39, 0.29) is 10.9 Å². The van der Waals surface area contributed by atoms with Crippen molar-refractivity contribution in [2.45, 2.75) is 36.5 Å². The minimum Gasteiger partial charge on any atom is -0.399 e. The molecule has 0 bridgehead atoms. The number of nitrogens with two attached hydrogens (primary N) is 1. The predicted octanol–water partition coefficient (Wildman–Crippen LogP) is 3.80. The van der Waals surface area contributed by atoms with E-state index in [1.54, 1.807) is 32.0 Å². The lowest BCUT2D eigenvalue weighted by Crippen LogP contribution is -2.44. The number of aromatic nitrogens is 2. The first-order chi connectivity index (χ1) is 15.6. The number of hydrogen-bond acceptors (Lipinski definition) is 7. The summed E-state index contributed by atoms with van der Waals surface area (Å²) in [5, 5.41) is 0. The second-order valence-electron chi connectivity index (χ2n) is 8.64. The lowest BCUT2D eigenvalue weighted by atomic mass is 10.1. The molecule has 1 aliphatic heterocycles. The molecule has 1 aliphatic rings. The van der Waals surface area contributed by atoms with Crippen molar-refractivity contribution >= 4 is 21.3 Å². The van der Waals surface area contributed by atoms with Gasteiger partial charge in [0.2, 0.25) is 0 Å². The normalized spacial score (nSPS) is 17.2. The highest BCUT2D eigenvalue weighted by molar-refractivity contribution is 7.92. The van der Waals surface area contributed by atoms with Gasteiger partial charge in [-0.25, -0.2) is 22.8 Å². The molecule has 2 heterocycles. The fourth-order valence-corrected chi connectivity index (χ4v) is 5.23. The van der Waals surface area contributed by atoms with E-state index in [4.69, 9.17) is 15.5 Å². The minimum absolute atomic E-state index is 0.0304. The van der Waals surface area contributed by atoms with Gasteiger partial charge in [0.05, 0.1) is 29.8 Å². The summed E-state index contributed by atoms with van der Waals surface area (Å²) < 4.78 is 44.7. The number of morpholine rings is 1. The van der Waals surface area contributed by atoms with Crippen LogP contribution in [0.5, 0.6) is 0 Å². The first-order valence-corrected chi connectivity index (χ1v) is 12.2. The second-order valence-corrected chi connectivity index (χ2v) is 11.1. The zero-order valence-corrected chi connectivity index (χ0v) is 19.6. The average molecular weight is 471 g/mol. The summed E-state index contributed by atoms with van der Waals surface area (Å²) in [6.45, 7) is 6.97. The van der Waals surface area contributed by atoms with Crippen LogP contribution in [0.15, 0.2) is 59.5 Å². The number of benzene rings is 2. The van der Waals surface area contributed by atoms with Gasteiger partial charge < -0.3 is 15.4 Å². The van der Waals surface area contributed by atoms with E-state index in [0.29, 0.717) is 42.8 Å². The Bertz CT molecular complexity index is 1250. The van der Waals surface area contributed by atoms with Crippen molar-refractivity contribution in [3.05, 3.63) is 66.1 Å². The highest BCUT2D eigenvalue weighted by Crippen LogP contribution is 2.36. The molecule has 33 heavy (non-hydrogen) atoms. The maximum absolute atomic E-state index is 13.6. The van der Waals surface area contributed by atoms with Gasteiger partial charge in [0.1, 0.15) is 16.4 Å². The van der Waals surface area contributed by atoms with Crippen LogP contribution < -0.4 is 10.6 Å². The Kier molecular flexibility index (Phi) is 6.11. The van der Waals surface area contributed by atoms with Gasteiger partial charge >= 0.3 is 0 Å².